The van der Waals surface area contributed by atoms with Gasteiger partial charge in [-0.25, -0.2) is 0 Å². The van der Waals surface area contributed by atoms with E-state index in [0.29, 0.717) is 74.7 Å². The summed E-state index contributed by atoms with van der Waals surface area (Å²) in [5.41, 5.74) is 5.22. The van der Waals surface area contributed by atoms with Crippen molar-refractivity contribution in [1.82, 2.24) is 9.71 Å². The molecule has 0 spiro atoms. The number of carbonyl (C=O) groups excluding carboxylic acids is 2. The van der Waals surface area contributed by atoms with E-state index in [1.54, 1.807) is 22.9 Å². The van der Waals surface area contributed by atoms with Gasteiger partial charge in [-0.05, 0) is 32.0 Å². The van der Waals surface area contributed by atoms with Crippen LogP contribution in [0.5, 0.6) is 5.75 Å². The average Bonchev–Trinajstić information content (AvgIpc) is 2.83. The molecule has 0 saturated carbocycles. The topological polar surface area (TPSA) is 124 Å². The van der Waals surface area contributed by atoms with E-state index in [0.717, 1.165) is 0 Å². The summed E-state index contributed by atoms with van der Waals surface area (Å²) in [6, 6.07) is 12.7. The standard InChI is InChI=1S/C26H26N4O6/c1-5-33-21-13-22-17(11-16(21)27-14(3)31)29-18-12-23-25(24(26(18)36-22)28-15(4)32)30(34-6-2)19-9-7-8-10-20(19)35-23/h7-13,29H,5-6H2,1-4H3,(H,27,31)(H,28,32). The van der Waals surface area contributed by atoms with E-state index in [-0.39, 0.29) is 11.8 Å². The Morgan fingerprint density at radius 2 is 1.69 bits per heavy atom. The molecule has 5 aromatic rings. The molecule has 0 aliphatic heterocycles. The van der Waals surface area contributed by atoms with Gasteiger partial charge in [-0.2, -0.15) is 4.73 Å². The van der Waals surface area contributed by atoms with Crippen LogP contribution >= 0.6 is 0 Å². The van der Waals surface area contributed by atoms with Gasteiger partial charge >= 0.3 is 0 Å². The Kier molecular flexibility index (Phi) is 5.93. The molecule has 0 bridgehead atoms. The van der Waals surface area contributed by atoms with E-state index in [9.17, 15) is 9.59 Å². The first kappa shape index (κ1) is 23.2. The first-order chi connectivity index (χ1) is 17.4. The van der Waals surface area contributed by atoms with Crippen LogP contribution in [0.2, 0.25) is 0 Å². The molecule has 10 heteroatoms. The van der Waals surface area contributed by atoms with Crippen molar-refractivity contribution < 1.29 is 28.0 Å². The number of anilines is 2. The number of aromatic nitrogens is 2. The number of nitrogens with zero attached hydrogens (tertiary/aromatic N) is 1. The summed E-state index contributed by atoms with van der Waals surface area (Å²) in [6.45, 7) is 7.37. The summed E-state index contributed by atoms with van der Waals surface area (Å²) in [6.07, 6.45) is 0. The lowest BCUT2D eigenvalue weighted by atomic mass is 10.2. The third-order valence-electron chi connectivity index (χ3n) is 5.46. The van der Waals surface area contributed by atoms with Gasteiger partial charge in [0.2, 0.25) is 11.8 Å². The summed E-state index contributed by atoms with van der Waals surface area (Å²) in [7, 11) is 0. The van der Waals surface area contributed by atoms with E-state index in [1.807, 2.05) is 38.1 Å². The lowest BCUT2D eigenvalue weighted by Gasteiger charge is -2.19. The molecule has 3 N–H and O–H groups in total. The molecule has 5 rings (SSSR count). The molecule has 0 saturated heterocycles. The molecule has 2 aromatic heterocycles. The number of hydrogen-bond donors (Lipinski definition) is 3. The predicted molar refractivity (Wildman–Crippen MR) is 138 cm³/mol. The lowest BCUT2D eigenvalue weighted by molar-refractivity contribution is -0.115. The zero-order valence-corrected chi connectivity index (χ0v) is 20.4. The maximum absolute atomic E-state index is 12.3. The molecule has 36 heavy (non-hydrogen) atoms. The zero-order valence-electron chi connectivity index (χ0n) is 20.4. The van der Waals surface area contributed by atoms with Crippen LogP contribution in [0.25, 0.3) is 44.4 Å². The van der Waals surface area contributed by atoms with Gasteiger partial charge in [-0.15, -0.1) is 0 Å². The van der Waals surface area contributed by atoms with Crippen LogP contribution in [0.15, 0.2) is 51.3 Å². The number of benzene rings is 3. The van der Waals surface area contributed by atoms with Crippen molar-refractivity contribution in [2.75, 3.05) is 23.8 Å². The Bertz CT molecular complexity index is 1680. The van der Waals surface area contributed by atoms with Crippen LogP contribution in [0, 0.1) is 0 Å². The van der Waals surface area contributed by atoms with Crippen molar-refractivity contribution >= 4 is 67.6 Å². The second kappa shape index (κ2) is 9.21. The Morgan fingerprint density at radius 1 is 0.917 bits per heavy atom. The first-order valence-corrected chi connectivity index (χ1v) is 11.6. The predicted octanol–water partition coefficient (Wildman–Crippen LogP) is 5.50. The monoisotopic (exact) mass is 490 g/mol. The Morgan fingerprint density at radius 3 is 2.42 bits per heavy atom. The second-order valence-electron chi connectivity index (χ2n) is 8.12. The maximum atomic E-state index is 12.3. The molecule has 3 aromatic carbocycles. The normalized spacial score (nSPS) is 11.2. The summed E-state index contributed by atoms with van der Waals surface area (Å²) in [4.78, 5) is 33.3. The number of aromatic amines is 1. The molecule has 2 amide bonds. The zero-order chi connectivity index (χ0) is 25.4. The van der Waals surface area contributed by atoms with Gasteiger partial charge in [0.15, 0.2) is 27.8 Å². The molecule has 0 aliphatic carbocycles. The smallest absolute Gasteiger partial charge is 0.221 e. The minimum Gasteiger partial charge on any atom is -0.492 e. The van der Waals surface area contributed by atoms with Crippen LogP contribution in [0.4, 0.5) is 11.4 Å². The molecule has 0 unspecified atom stereocenters. The number of para-hydroxylation sites is 2. The lowest BCUT2D eigenvalue weighted by Crippen LogP contribution is -2.16. The molecule has 2 heterocycles. The van der Waals surface area contributed by atoms with Crippen LogP contribution in [-0.4, -0.2) is 34.7 Å². The average molecular weight is 491 g/mol. The van der Waals surface area contributed by atoms with E-state index in [1.165, 1.54) is 13.8 Å². The number of amides is 2. The molecular weight excluding hydrogens is 464 g/mol. The van der Waals surface area contributed by atoms with E-state index >= 15 is 0 Å². The fourth-order valence-corrected chi connectivity index (χ4v) is 4.17. The molecule has 0 fully saturated rings. The third-order valence-corrected chi connectivity index (χ3v) is 5.46. The van der Waals surface area contributed by atoms with Gasteiger partial charge in [-0.3, -0.25) is 9.59 Å². The number of fused-ring (bicyclic) bond motifs is 4. The minimum atomic E-state index is -0.286. The fourth-order valence-electron chi connectivity index (χ4n) is 4.17. The van der Waals surface area contributed by atoms with Crippen LogP contribution < -0.4 is 20.2 Å². The minimum absolute atomic E-state index is 0.224. The highest BCUT2D eigenvalue weighted by Crippen LogP contribution is 2.38. The van der Waals surface area contributed by atoms with E-state index < -0.39 is 0 Å². The largest absolute Gasteiger partial charge is 0.492 e. The number of carbonyl (C=O) groups is 2. The van der Waals surface area contributed by atoms with Gasteiger partial charge in [0.05, 0.1) is 23.3 Å². The first-order valence-electron chi connectivity index (χ1n) is 11.6. The van der Waals surface area contributed by atoms with Gasteiger partial charge in [-0.1, -0.05) is 12.1 Å². The van der Waals surface area contributed by atoms with E-state index in [4.69, 9.17) is 18.4 Å². The Hall–Kier alpha value is -4.60. The van der Waals surface area contributed by atoms with Crippen molar-refractivity contribution in [3.63, 3.8) is 0 Å². The SMILES string of the molecule is CCOc1cc2oc3c(NC(C)=O)c4c(cc3[nH]c2cc1NC(C)=O)oc1ccccc1n4OCC. The summed E-state index contributed by atoms with van der Waals surface area (Å²) < 4.78 is 19.9. The van der Waals surface area contributed by atoms with Crippen molar-refractivity contribution in [2.24, 2.45) is 0 Å². The van der Waals surface area contributed by atoms with Crippen molar-refractivity contribution in [1.29, 1.82) is 0 Å². The maximum Gasteiger partial charge on any atom is 0.221 e. The van der Waals surface area contributed by atoms with E-state index in [2.05, 4.69) is 15.6 Å². The quantitative estimate of drug-likeness (QED) is 0.270. The highest BCUT2D eigenvalue weighted by atomic mass is 16.7. The van der Waals surface area contributed by atoms with Gasteiger partial charge < -0.3 is 34.0 Å². The number of nitrogens with one attached hydrogen (secondary N) is 3. The molecular formula is C26H26N4O6. The van der Waals surface area contributed by atoms with Gasteiger partial charge in [0, 0.05) is 26.0 Å². The number of rotatable bonds is 6. The summed E-state index contributed by atoms with van der Waals surface area (Å²) in [5.74, 6) is -0.0478. The van der Waals surface area contributed by atoms with Crippen LogP contribution in [-0.2, 0) is 9.59 Å². The highest BCUT2D eigenvalue weighted by Gasteiger charge is 2.21. The summed E-state index contributed by atoms with van der Waals surface area (Å²) >= 11 is 0. The molecule has 186 valence electrons. The highest BCUT2D eigenvalue weighted by molar-refractivity contribution is 6.11. The molecule has 0 atom stereocenters. The van der Waals surface area contributed by atoms with Crippen molar-refractivity contribution in [3.8, 4) is 5.75 Å². The van der Waals surface area contributed by atoms with Crippen LogP contribution in [0.3, 0.4) is 0 Å². The third kappa shape index (κ3) is 4.06. The van der Waals surface area contributed by atoms with Crippen molar-refractivity contribution in [2.45, 2.75) is 27.7 Å². The fraction of sp³-hybridized carbons (Fsp3) is 0.231. The number of hydrogen-bond acceptors (Lipinski definition) is 6. The molecule has 0 radical (unpaired) electrons. The Labute approximate surface area is 205 Å². The van der Waals surface area contributed by atoms with Gasteiger partial charge in [0.25, 0.3) is 0 Å². The summed E-state index contributed by atoms with van der Waals surface area (Å²) in [5, 5.41) is 5.68. The Balaban J connectivity index is 1.90. The molecule has 10 nitrogen and oxygen atoms in total. The van der Waals surface area contributed by atoms with Crippen molar-refractivity contribution in [3.05, 3.63) is 42.5 Å². The van der Waals surface area contributed by atoms with Crippen LogP contribution in [0.1, 0.15) is 27.7 Å². The second-order valence-corrected chi connectivity index (χ2v) is 8.12. The molecule has 0 aliphatic rings. The number of ether oxygens (including phenoxy) is 1. The van der Waals surface area contributed by atoms with Gasteiger partial charge in [0.1, 0.15) is 23.6 Å². The number of H-pyrrole nitrogens is 1.